The van der Waals surface area contributed by atoms with Crippen LogP contribution < -0.4 is 0 Å². The maximum absolute atomic E-state index is 12.0. The van der Waals surface area contributed by atoms with Gasteiger partial charge >= 0.3 is 0 Å². The van der Waals surface area contributed by atoms with Gasteiger partial charge in [-0.2, -0.15) is 5.26 Å². The molecule has 1 aliphatic heterocycles. The number of nitriles is 1. The summed E-state index contributed by atoms with van der Waals surface area (Å²) in [5.74, 6) is -0.974. The van der Waals surface area contributed by atoms with E-state index in [0.29, 0.717) is 25.3 Å². The van der Waals surface area contributed by atoms with E-state index in [-0.39, 0.29) is 11.7 Å². The van der Waals surface area contributed by atoms with Gasteiger partial charge in [0.1, 0.15) is 5.92 Å². The van der Waals surface area contributed by atoms with Crippen LogP contribution in [0.25, 0.3) is 0 Å². The molecule has 2 unspecified atom stereocenters. The maximum Gasteiger partial charge on any atom is 0.161 e. The predicted molar refractivity (Wildman–Crippen MR) is 56.5 cm³/mol. The van der Waals surface area contributed by atoms with Crippen molar-refractivity contribution in [2.24, 2.45) is 5.92 Å². The summed E-state index contributed by atoms with van der Waals surface area (Å²) < 4.78 is 5.16. The zero-order valence-electron chi connectivity index (χ0n) is 8.80. The average molecular weight is 216 g/mol. The molecule has 0 aromatic carbocycles. The summed E-state index contributed by atoms with van der Waals surface area (Å²) in [6.07, 6.45) is 2.31. The third-order valence-electron chi connectivity index (χ3n) is 2.73. The lowest BCUT2D eigenvalue weighted by Crippen LogP contribution is -2.22. The van der Waals surface area contributed by atoms with Crippen LogP contribution >= 0.6 is 0 Å². The number of carbonyl (C=O) groups is 1. The Bertz CT molecular complexity index is 405. The molecule has 0 amide bonds. The number of Topliss-reactive ketones (excluding diaryl/α,β-unsaturated/α-hetero) is 1. The van der Waals surface area contributed by atoms with Gasteiger partial charge in [-0.25, -0.2) is 0 Å². The largest absolute Gasteiger partial charge is 0.381 e. The molecule has 4 heteroatoms. The van der Waals surface area contributed by atoms with E-state index >= 15 is 0 Å². The van der Waals surface area contributed by atoms with Crippen LogP contribution in [0.5, 0.6) is 0 Å². The van der Waals surface area contributed by atoms with Gasteiger partial charge in [0.05, 0.1) is 18.4 Å². The molecular formula is C12H12N2O2. The molecule has 0 radical (unpaired) electrons. The minimum atomic E-state index is -0.757. The molecule has 4 nitrogen and oxygen atoms in total. The Balaban J connectivity index is 2.17. The highest BCUT2D eigenvalue weighted by Gasteiger charge is 2.31. The van der Waals surface area contributed by atoms with E-state index in [1.54, 1.807) is 24.4 Å². The lowest BCUT2D eigenvalue weighted by molar-refractivity contribution is -0.123. The summed E-state index contributed by atoms with van der Waals surface area (Å²) in [5.41, 5.74) is 0.530. The van der Waals surface area contributed by atoms with Gasteiger partial charge in [0.2, 0.25) is 0 Å². The van der Waals surface area contributed by atoms with Crippen molar-refractivity contribution in [3.05, 3.63) is 30.1 Å². The molecule has 2 rings (SSSR count). The van der Waals surface area contributed by atoms with Crippen LogP contribution in [0.1, 0.15) is 18.0 Å². The van der Waals surface area contributed by atoms with Crippen molar-refractivity contribution in [2.75, 3.05) is 13.2 Å². The number of carbonyl (C=O) groups excluding carboxylic acids is 1. The van der Waals surface area contributed by atoms with Crippen molar-refractivity contribution in [2.45, 2.75) is 12.3 Å². The first-order valence-electron chi connectivity index (χ1n) is 5.25. The first-order chi connectivity index (χ1) is 7.83. The fourth-order valence-corrected chi connectivity index (χ4v) is 1.82. The monoisotopic (exact) mass is 216 g/mol. The smallest absolute Gasteiger partial charge is 0.161 e. The predicted octanol–water partition coefficient (Wildman–Crippen LogP) is 1.29. The van der Waals surface area contributed by atoms with Gasteiger partial charge in [0.15, 0.2) is 5.78 Å². The van der Waals surface area contributed by atoms with E-state index in [0.717, 1.165) is 0 Å². The van der Waals surface area contributed by atoms with Gasteiger partial charge in [-0.1, -0.05) is 6.07 Å². The number of ether oxygens (including phenoxy) is 1. The Kier molecular flexibility index (Phi) is 3.28. The lowest BCUT2D eigenvalue weighted by atomic mass is 9.90. The maximum atomic E-state index is 12.0. The third kappa shape index (κ3) is 2.10. The van der Waals surface area contributed by atoms with Crippen molar-refractivity contribution in [1.29, 1.82) is 5.26 Å². The summed E-state index contributed by atoms with van der Waals surface area (Å²) >= 11 is 0. The molecule has 0 N–H and O–H groups in total. The quantitative estimate of drug-likeness (QED) is 0.763. The molecule has 16 heavy (non-hydrogen) atoms. The summed E-state index contributed by atoms with van der Waals surface area (Å²) in [6.45, 7) is 1.04. The number of aromatic nitrogens is 1. The first kappa shape index (κ1) is 10.8. The fourth-order valence-electron chi connectivity index (χ4n) is 1.82. The molecular weight excluding hydrogens is 204 g/mol. The van der Waals surface area contributed by atoms with Crippen molar-refractivity contribution in [3.63, 3.8) is 0 Å². The highest BCUT2D eigenvalue weighted by atomic mass is 16.5. The number of ketones is 1. The molecule has 1 aromatic heterocycles. The second-order valence-electron chi connectivity index (χ2n) is 3.78. The van der Waals surface area contributed by atoms with E-state index in [4.69, 9.17) is 10.00 Å². The number of hydrogen-bond acceptors (Lipinski definition) is 4. The Morgan fingerprint density at radius 2 is 2.50 bits per heavy atom. The summed E-state index contributed by atoms with van der Waals surface area (Å²) in [4.78, 5) is 16.1. The molecule has 0 spiro atoms. The van der Waals surface area contributed by atoms with E-state index in [1.807, 2.05) is 6.07 Å². The second kappa shape index (κ2) is 4.86. The molecule has 0 saturated carbocycles. The zero-order chi connectivity index (χ0) is 11.4. The molecule has 2 atom stereocenters. The van der Waals surface area contributed by atoms with Gasteiger partial charge in [0.25, 0.3) is 0 Å². The molecule has 1 aliphatic rings. The van der Waals surface area contributed by atoms with Gasteiger partial charge in [-0.15, -0.1) is 0 Å². The topological polar surface area (TPSA) is 63.0 Å². The van der Waals surface area contributed by atoms with E-state index in [2.05, 4.69) is 4.98 Å². The Morgan fingerprint density at radius 3 is 3.06 bits per heavy atom. The fraction of sp³-hybridized carbons (Fsp3) is 0.417. The minimum absolute atomic E-state index is 0.0706. The van der Waals surface area contributed by atoms with Crippen LogP contribution in [0, 0.1) is 17.2 Å². The number of rotatable bonds is 3. The summed E-state index contributed by atoms with van der Waals surface area (Å²) in [6, 6.07) is 7.29. The summed E-state index contributed by atoms with van der Waals surface area (Å²) in [5, 5.41) is 9.06. The second-order valence-corrected chi connectivity index (χ2v) is 3.78. The third-order valence-corrected chi connectivity index (χ3v) is 2.73. The van der Waals surface area contributed by atoms with E-state index < -0.39 is 5.92 Å². The Hall–Kier alpha value is -1.73. The molecule has 1 saturated heterocycles. The van der Waals surface area contributed by atoms with Crippen LogP contribution in [-0.2, 0) is 9.53 Å². The average Bonchev–Trinajstić information content (AvgIpc) is 2.85. The van der Waals surface area contributed by atoms with Crippen LogP contribution in [-0.4, -0.2) is 24.0 Å². The molecule has 1 aromatic rings. The van der Waals surface area contributed by atoms with Crippen molar-refractivity contribution >= 4 is 5.78 Å². The van der Waals surface area contributed by atoms with Crippen LogP contribution in [0.2, 0.25) is 0 Å². The molecule has 0 aliphatic carbocycles. The Labute approximate surface area is 93.9 Å². The zero-order valence-corrected chi connectivity index (χ0v) is 8.80. The first-order valence-corrected chi connectivity index (χ1v) is 5.25. The van der Waals surface area contributed by atoms with Gasteiger partial charge in [-0.3, -0.25) is 9.78 Å². The molecule has 0 bridgehead atoms. The van der Waals surface area contributed by atoms with Crippen molar-refractivity contribution in [1.82, 2.24) is 4.98 Å². The molecule has 82 valence electrons. The molecule has 1 fully saturated rings. The van der Waals surface area contributed by atoms with Crippen LogP contribution in [0.4, 0.5) is 0 Å². The SMILES string of the molecule is N#CC(C(=O)C1CCOC1)c1ccccn1. The highest BCUT2D eigenvalue weighted by Crippen LogP contribution is 2.23. The Morgan fingerprint density at radius 1 is 1.62 bits per heavy atom. The van der Waals surface area contributed by atoms with Gasteiger partial charge < -0.3 is 4.74 Å². The highest BCUT2D eigenvalue weighted by molar-refractivity contribution is 5.90. The van der Waals surface area contributed by atoms with Crippen molar-refractivity contribution < 1.29 is 9.53 Å². The van der Waals surface area contributed by atoms with Crippen LogP contribution in [0.15, 0.2) is 24.4 Å². The van der Waals surface area contributed by atoms with E-state index in [1.165, 1.54) is 0 Å². The van der Waals surface area contributed by atoms with Gasteiger partial charge in [0, 0.05) is 18.7 Å². The van der Waals surface area contributed by atoms with E-state index in [9.17, 15) is 4.79 Å². The normalized spacial score (nSPS) is 21.3. The lowest BCUT2D eigenvalue weighted by Gasteiger charge is -2.11. The number of hydrogen-bond donors (Lipinski definition) is 0. The number of nitrogens with zero attached hydrogens (tertiary/aromatic N) is 2. The molecule has 2 heterocycles. The van der Waals surface area contributed by atoms with Crippen molar-refractivity contribution in [3.8, 4) is 6.07 Å². The standard InChI is InChI=1S/C12H12N2O2/c13-7-10(11-3-1-2-5-14-11)12(15)9-4-6-16-8-9/h1-3,5,9-10H,4,6,8H2. The minimum Gasteiger partial charge on any atom is -0.381 e. The summed E-state index contributed by atoms with van der Waals surface area (Å²) in [7, 11) is 0. The number of pyridine rings is 1. The van der Waals surface area contributed by atoms with Gasteiger partial charge in [-0.05, 0) is 18.6 Å². The van der Waals surface area contributed by atoms with Crippen LogP contribution in [0.3, 0.4) is 0 Å².